The van der Waals surface area contributed by atoms with Crippen LogP contribution in [0.5, 0.6) is 0 Å². The van der Waals surface area contributed by atoms with E-state index in [4.69, 9.17) is 18.8 Å². The van der Waals surface area contributed by atoms with Crippen LogP contribution in [0, 0.1) is 0 Å². The molecule has 0 radical (unpaired) electrons. The minimum atomic E-state index is -3.45. The number of aromatic nitrogens is 2. The maximum atomic E-state index is 13.4. The Labute approximate surface area is 164 Å². The zero-order valence-electron chi connectivity index (χ0n) is 16.6. The van der Waals surface area contributed by atoms with Crippen LogP contribution < -0.4 is 0 Å². The first-order valence-corrected chi connectivity index (χ1v) is 11.6. The van der Waals surface area contributed by atoms with E-state index in [9.17, 15) is 4.57 Å². The fourth-order valence-electron chi connectivity index (χ4n) is 3.17. The van der Waals surface area contributed by atoms with Gasteiger partial charge in [-0.1, -0.05) is 23.9 Å². The van der Waals surface area contributed by atoms with E-state index < -0.39 is 13.3 Å². The Morgan fingerprint density at radius 3 is 2.44 bits per heavy atom. The van der Waals surface area contributed by atoms with Crippen LogP contribution in [-0.2, 0) is 24.1 Å². The van der Waals surface area contributed by atoms with E-state index in [0.717, 1.165) is 21.1 Å². The van der Waals surface area contributed by atoms with Gasteiger partial charge in [0.25, 0.3) is 0 Å². The molecule has 1 aliphatic heterocycles. The molecule has 0 N–H and O–H groups in total. The summed E-state index contributed by atoms with van der Waals surface area (Å²) >= 11 is 1.45. The molecule has 27 heavy (non-hydrogen) atoms. The standard InChI is InChI=1S/C19H27N2O4PS/c1-7-23-19(6)17(12-26(22,24-13(2)3)25-14(4)5)27-18-20-15-10-8-9-11-16(15)21(18)19/h8-14H,7H2,1-6H3/b17-12-. The molecule has 148 valence electrons. The summed E-state index contributed by atoms with van der Waals surface area (Å²) in [6.07, 6.45) is -0.455. The van der Waals surface area contributed by atoms with Crippen molar-refractivity contribution in [2.75, 3.05) is 6.61 Å². The molecule has 0 aliphatic carbocycles. The maximum absolute atomic E-state index is 13.4. The Hall–Kier alpha value is -1.11. The van der Waals surface area contributed by atoms with Gasteiger partial charge in [-0.3, -0.25) is 9.13 Å². The molecule has 0 saturated heterocycles. The van der Waals surface area contributed by atoms with Crippen LogP contribution >= 0.6 is 19.4 Å². The number of fused-ring (bicyclic) bond motifs is 3. The molecule has 1 unspecified atom stereocenters. The van der Waals surface area contributed by atoms with E-state index >= 15 is 0 Å². The Bertz CT molecular complexity index is 894. The highest BCUT2D eigenvalue weighted by Gasteiger charge is 2.44. The minimum absolute atomic E-state index is 0.228. The van der Waals surface area contributed by atoms with E-state index in [-0.39, 0.29) is 12.2 Å². The van der Waals surface area contributed by atoms with Gasteiger partial charge in [0.2, 0.25) is 0 Å². The zero-order valence-corrected chi connectivity index (χ0v) is 18.3. The maximum Gasteiger partial charge on any atom is 0.355 e. The monoisotopic (exact) mass is 410 g/mol. The first-order chi connectivity index (χ1) is 12.7. The average Bonchev–Trinajstić information content (AvgIpc) is 3.01. The Kier molecular flexibility index (Phi) is 5.90. The smallest absolute Gasteiger partial charge is 0.351 e. The summed E-state index contributed by atoms with van der Waals surface area (Å²) in [5.74, 6) is 1.61. The third kappa shape index (κ3) is 4.03. The lowest BCUT2D eigenvalue weighted by Gasteiger charge is -2.29. The van der Waals surface area contributed by atoms with Crippen LogP contribution in [0.15, 0.2) is 40.1 Å². The third-order valence-electron chi connectivity index (χ3n) is 4.03. The summed E-state index contributed by atoms with van der Waals surface area (Å²) in [5.41, 5.74) is 1.06. The molecule has 2 aromatic rings. The van der Waals surface area contributed by atoms with Crippen LogP contribution in [0.3, 0.4) is 0 Å². The number of thioether (sulfide) groups is 1. The van der Waals surface area contributed by atoms with Crippen molar-refractivity contribution in [1.29, 1.82) is 0 Å². The molecule has 2 heterocycles. The SMILES string of the molecule is CCOC1(C)/C(=C/P(=O)(OC(C)C)OC(C)C)Sc2nc3ccccc3n21. The third-order valence-corrected chi connectivity index (χ3v) is 7.38. The van der Waals surface area contributed by atoms with Crippen LogP contribution in [0.1, 0.15) is 41.5 Å². The van der Waals surface area contributed by atoms with Crippen LogP contribution in [-0.4, -0.2) is 28.4 Å². The largest absolute Gasteiger partial charge is 0.355 e. The van der Waals surface area contributed by atoms with Crippen molar-refractivity contribution in [3.63, 3.8) is 0 Å². The highest BCUT2D eigenvalue weighted by molar-refractivity contribution is 8.03. The van der Waals surface area contributed by atoms with Gasteiger partial charge >= 0.3 is 7.60 Å². The number of imidazole rings is 1. The molecule has 0 saturated carbocycles. The van der Waals surface area contributed by atoms with Crippen LogP contribution in [0.25, 0.3) is 11.0 Å². The van der Waals surface area contributed by atoms with E-state index in [1.807, 2.05) is 65.8 Å². The summed E-state index contributed by atoms with van der Waals surface area (Å²) in [4.78, 5) is 5.47. The molecule has 0 amide bonds. The molecule has 0 fully saturated rings. The second-order valence-corrected chi connectivity index (χ2v) is 9.85. The summed E-state index contributed by atoms with van der Waals surface area (Å²) in [6.45, 7) is 11.8. The Morgan fingerprint density at radius 1 is 1.22 bits per heavy atom. The molecular formula is C19H27N2O4PS. The number of benzene rings is 1. The summed E-state index contributed by atoms with van der Waals surface area (Å²) in [6, 6.07) is 7.93. The van der Waals surface area contributed by atoms with Gasteiger partial charge in [-0.05, 0) is 53.7 Å². The first-order valence-electron chi connectivity index (χ1n) is 9.18. The molecule has 3 rings (SSSR count). The van der Waals surface area contributed by atoms with Crippen LogP contribution in [0.2, 0.25) is 0 Å². The van der Waals surface area contributed by atoms with Crippen LogP contribution in [0.4, 0.5) is 0 Å². The van der Waals surface area contributed by atoms with E-state index in [1.54, 1.807) is 5.82 Å². The topological polar surface area (TPSA) is 62.6 Å². The number of para-hydroxylation sites is 2. The zero-order chi connectivity index (χ0) is 19.8. The van der Waals surface area contributed by atoms with Gasteiger partial charge in [0.1, 0.15) is 0 Å². The predicted octanol–water partition coefficient (Wildman–Crippen LogP) is 5.74. The lowest BCUT2D eigenvalue weighted by Crippen LogP contribution is -2.31. The Morgan fingerprint density at radius 2 is 1.85 bits per heavy atom. The van der Waals surface area contributed by atoms with Crippen molar-refractivity contribution in [1.82, 2.24) is 9.55 Å². The molecule has 1 aromatic heterocycles. The van der Waals surface area contributed by atoms with Crippen molar-refractivity contribution >= 4 is 30.4 Å². The molecule has 8 heteroatoms. The molecule has 1 atom stereocenters. The van der Waals surface area contributed by atoms with Gasteiger partial charge in [-0.25, -0.2) is 4.98 Å². The number of hydrogen-bond acceptors (Lipinski definition) is 6. The quantitative estimate of drug-likeness (QED) is 0.543. The van der Waals surface area contributed by atoms with E-state index in [2.05, 4.69) is 4.57 Å². The van der Waals surface area contributed by atoms with Gasteiger partial charge in [-0.2, -0.15) is 0 Å². The molecule has 6 nitrogen and oxygen atoms in total. The molecular weight excluding hydrogens is 383 g/mol. The highest BCUT2D eigenvalue weighted by atomic mass is 32.2. The molecule has 0 bridgehead atoms. The van der Waals surface area contributed by atoms with Gasteiger partial charge < -0.3 is 13.8 Å². The van der Waals surface area contributed by atoms with Crippen molar-refractivity contribution in [2.45, 2.75) is 64.6 Å². The van der Waals surface area contributed by atoms with Gasteiger partial charge in [0.05, 0.1) is 28.1 Å². The van der Waals surface area contributed by atoms with Crippen molar-refractivity contribution in [3.05, 3.63) is 35.0 Å². The molecule has 1 aromatic carbocycles. The second-order valence-electron chi connectivity index (χ2n) is 7.08. The second kappa shape index (κ2) is 7.72. The predicted molar refractivity (Wildman–Crippen MR) is 109 cm³/mol. The first kappa shape index (κ1) is 20.6. The highest BCUT2D eigenvalue weighted by Crippen LogP contribution is 2.59. The van der Waals surface area contributed by atoms with Gasteiger partial charge in [0.15, 0.2) is 10.9 Å². The fourth-order valence-corrected chi connectivity index (χ4v) is 6.68. The lowest BCUT2D eigenvalue weighted by atomic mass is 10.2. The van der Waals surface area contributed by atoms with E-state index in [0.29, 0.717) is 6.61 Å². The summed E-state index contributed by atoms with van der Waals surface area (Å²) in [7, 11) is -3.45. The number of ether oxygens (including phenoxy) is 1. The van der Waals surface area contributed by atoms with Gasteiger partial charge in [0, 0.05) is 12.4 Å². The number of hydrogen-bond donors (Lipinski definition) is 0. The fraction of sp³-hybridized carbons (Fsp3) is 0.526. The lowest BCUT2D eigenvalue weighted by molar-refractivity contribution is -0.0487. The molecule has 1 aliphatic rings. The van der Waals surface area contributed by atoms with Gasteiger partial charge in [-0.15, -0.1) is 0 Å². The molecule has 0 spiro atoms. The van der Waals surface area contributed by atoms with Crippen molar-refractivity contribution in [2.24, 2.45) is 0 Å². The summed E-state index contributed by atoms with van der Waals surface area (Å²) in [5, 5.41) is 0.805. The number of nitrogens with zero attached hydrogens (tertiary/aromatic N) is 2. The number of rotatable bonds is 7. The van der Waals surface area contributed by atoms with Crippen molar-refractivity contribution < 1.29 is 18.3 Å². The average molecular weight is 410 g/mol. The summed E-state index contributed by atoms with van der Waals surface area (Å²) < 4.78 is 33.0. The minimum Gasteiger partial charge on any atom is -0.351 e. The Balaban J connectivity index is 2.11. The van der Waals surface area contributed by atoms with Crippen molar-refractivity contribution in [3.8, 4) is 0 Å². The van der Waals surface area contributed by atoms with E-state index in [1.165, 1.54) is 11.8 Å². The normalized spacial score (nSPS) is 21.7.